The van der Waals surface area contributed by atoms with Gasteiger partial charge in [0, 0.05) is 22.8 Å². The molecule has 1 atom stereocenters. The minimum absolute atomic E-state index is 0.201. The number of benzene rings is 2. The number of nitrogens with one attached hydrogen (secondary N) is 1. The zero-order valence-electron chi connectivity index (χ0n) is 19.3. The number of hydrogen-bond donors (Lipinski definition) is 1. The quantitative estimate of drug-likeness (QED) is 0.282. The van der Waals surface area contributed by atoms with E-state index >= 15 is 0 Å². The van der Waals surface area contributed by atoms with Crippen molar-refractivity contribution in [2.75, 3.05) is 6.54 Å². The van der Waals surface area contributed by atoms with E-state index in [1.54, 1.807) is 0 Å². The Morgan fingerprint density at radius 1 is 1.06 bits per heavy atom. The number of aryl methyl sites for hydroxylation is 1. The van der Waals surface area contributed by atoms with Gasteiger partial charge in [-0.15, -0.1) is 0 Å². The van der Waals surface area contributed by atoms with Crippen LogP contribution in [0.5, 0.6) is 0 Å². The third kappa shape index (κ3) is 5.12. The Hall–Kier alpha value is -2.70. The molecule has 2 aromatic carbocycles. The molecule has 1 unspecified atom stereocenters. The van der Waals surface area contributed by atoms with Gasteiger partial charge in [-0.05, 0) is 55.2 Å². The third-order valence-corrected chi connectivity index (χ3v) is 6.65. The standard InChI is InChI=1S/C26H29ClN4OS/c1-4-6-7-16-31-17(3)22(23(28-26(31)33)19-12-14-21(27)15-13-19)25-29-24(30-32-25)20-10-8-18(5-2)9-11-20/h8-15,23H,4-7,16H2,1-3H3,(H,28,33). The molecule has 0 saturated carbocycles. The normalized spacial score (nSPS) is 16.3. The molecule has 4 rings (SSSR count). The van der Waals surface area contributed by atoms with E-state index in [9.17, 15) is 0 Å². The zero-order chi connectivity index (χ0) is 23.4. The monoisotopic (exact) mass is 480 g/mol. The molecule has 2 heterocycles. The fourth-order valence-corrected chi connectivity index (χ4v) is 4.56. The summed E-state index contributed by atoms with van der Waals surface area (Å²) in [6.45, 7) is 7.27. The lowest BCUT2D eigenvalue weighted by Crippen LogP contribution is -2.46. The van der Waals surface area contributed by atoms with Crippen LogP contribution in [0.3, 0.4) is 0 Å². The first-order chi connectivity index (χ1) is 16.0. The van der Waals surface area contributed by atoms with Gasteiger partial charge in [-0.25, -0.2) is 0 Å². The highest BCUT2D eigenvalue weighted by Gasteiger charge is 2.33. The van der Waals surface area contributed by atoms with Crippen LogP contribution in [0.1, 0.15) is 63.1 Å². The van der Waals surface area contributed by atoms with Crippen molar-refractivity contribution in [1.82, 2.24) is 20.4 Å². The van der Waals surface area contributed by atoms with Crippen LogP contribution in [0, 0.1) is 0 Å². The lowest BCUT2D eigenvalue weighted by Gasteiger charge is -2.37. The second kappa shape index (κ2) is 10.5. The summed E-state index contributed by atoms with van der Waals surface area (Å²) in [7, 11) is 0. The highest BCUT2D eigenvalue weighted by atomic mass is 35.5. The second-order valence-corrected chi connectivity index (χ2v) is 9.09. The van der Waals surface area contributed by atoms with Crippen molar-refractivity contribution in [2.45, 2.75) is 52.5 Å². The summed E-state index contributed by atoms with van der Waals surface area (Å²) < 4.78 is 5.82. The maximum atomic E-state index is 6.14. The molecule has 3 aromatic rings. The Morgan fingerprint density at radius 2 is 1.79 bits per heavy atom. The molecule has 1 N–H and O–H groups in total. The zero-order valence-corrected chi connectivity index (χ0v) is 20.8. The van der Waals surface area contributed by atoms with Crippen LogP contribution < -0.4 is 5.32 Å². The van der Waals surface area contributed by atoms with Crippen LogP contribution in [-0.2, 0) is 6.42 Å². The molecule has 33 heavy (non-hydrogen) atoms. The number of nitrogens with zero attached hydrogens (tertiary/aromatic N) is 3. The molecule has 7 heteroatoms. The smallest absolute Gasteiger partial charge is 0.258 e. The molecule has 0 saturated heterocycles. The summed E-state index contributed by atoms with van der Waals surface area (Å²) in [6, 6.07) is 15.9. The van der Waals surface area contributed by atoms with E-state index < -0.39 is 0 Å². The molecular weight excluding hydrogens is 452 g/mol. The summed E-state index contributed by atoms with van der Waals surface area (Å²) in [5.74, 6) is 1.08. The van der Waals surface area contributed by atoms with E-state index in [2.05, 4.69) is 48.3 Å². The Kier molecular flexibility index (Phi) is 7.46. The molecule has 5 nitrogen and oxygen atoms in total. The summed E-state index contributed by atoms with van der Waals surface area (Å²) in [5.41, 5.74) is 5.22. The number of unbranched alkanes of at least 4 members (excludes halogenated alkanes) is 2. The second-order valence-electron chi connectivity index (χ2n) is 8.27. The molecule has 0 aliphatic carbocycles. The molecule has 0 amide bonds. The lowest BCUT2D eigenvalue weighted by molar-refractivity contribution is 0.395. The number of halogens is 1. The van der Waals surface area contributed by atoms with Crippen LogP contribution in [-0.4, -0.2) is 26.7 Å². The Labute approximate surface area is 205 Å². The van der Waals surface area contributed by atoms with Crippen molar-refractivity contribution in [1.29, 1.82) is 0 Å². The number of aromatic nitrogens is 2. The molecule has 1 aliphatic rings. The van der Waals surface area contributed by atoms with Crippen LogP contribution in [0.2, 0.25) is 5.02 Å². The molecule has 0 fully saturated rings. The predicted molar refractivity (Wildman–Crippen MR) is 138 cm³/mol. The lowest BCUT2D eigenvalue weighted by atomic mass is 9.94. The van der Waals surface area contributed by atoms with Gasteiger partial charge in [0.2, 0.25) is 5.82 Å². The minimum atomic E-state index is -0.201. The first-order valence-corrected chi connectivity index (χ1v) is 12.3. The highest BCUT2D eigenvalue weighted by molar-refractivity contribution is 7.80. The van der Waals surface area contributed by atoms with Gasteiger partial charge in [0.05, 0.1) is 11.6 Å². The Balaban J connectivity index is 1.74. The highest BCUT2D eigenvalue weighted by Crippen LogP contribution is 2.37. The van der Waals surface area contributed by atoms with E-state index in [0.717, 1.165) is 54.6 Å². The Morgan fingerprint density at radius 3 is 2.45 bits per heavy atom. The summed E-state index contributed by atoms with van der Waals surface area (Å²) in [4.78, 5) is 6.93. The van der Waals surface area contributed by atoms with E-state index in [4.69, 9.17) is 33.3 Å². The topological polar surface area (TPSA) is 54.2 Å². The predicted octanol–water partition coefficient (Wildman–Crippen LogP) is 6.81. The van der Waals surface area contributed by atoms with Crippen molar-refractivity contribution in [3.63, 3.8) is 0 Å². The van der Waals surface area contributed by atoms with Crippen molar-refractivity contribution in [2.24, 2.45) is 0 Å². The summed E-state index contributed by atoms with van der Waals surface area (Å²) in [5, 5.41) is 9.19. The number of hydrogen-bond acceptors (Lipinski definition) is 4. The van der Waals surface area contributed by atoms with Crippen molar-refractivity contribution < 1.29 is 4.52 Å². The van der Waals surface area contributed by atoms with Gasteiger partial charge in [-0.2, -0.15) is 4.98 Å². The number of rotatable bonds is 8. The number of thiocarbonyl (C=S) groups is 1. The molecule has 1 aliphatic heterocycles. The van der Waals surface area contributed by atoms with Gasteiger partial charge in [0.15, 0.2) is 5.11 Å². The average Bonchev–Trinajstić information content (AvgIpc) is 3.31. The number of allylic oxidation sites excluding steroid dienone is 1. The summed E-state index contributed by atoms with van der Waals surface area (Å²) in [6.07, 6.45) is 4.36. The Bertz CT molecular complexity index is 1140. The molecule has 0 spiro atoms. The van der Waals surface area contributed by atoms with Crippen molar-refractivity contribution >= 4 is 34.5 Å². The maximum Gasteiger partial charge on any atom is 0.258 e. The fourth-order valence-electron chi connectivity index (χ4n) is 4.09. The van der Waals surface area contributed by atoms with E-state index in [1.807, 2.05) is 36.4 Å². The van der Waals surface area contributed by atoms with E-state index in [0.29, 0.717) is 21.9 Å². The van der Waals surface area contributed by atoms with E-state index in [1.165, 1.54) is 5.56 Å². The van der Waals surface area contributed by atoms with Crippen molar-refractivity contribution in [3.8, 4) is 11.4 Å². The fraction of sp³-hybridized carbons (Fsp3) is 0.346. The summed E-state index contributed by atoms with van der Waals surface area (Å²) >= 11 is 11.9. The molecule has 0 bridgehead atoms. The van der Waals surface area contributed by atoms with Gasteiger partial charge < -0.3 is 14.7 Å². The minimum Gasteiger partial charge on any atom is -0.351 e. The van der Waals surface area contributed by atoms with Gasteiger partial charge in [-0.3, -0.25) is 0 Å². The van der Waals surface area contributed by atoms with Crippen LogP contribution >= 0.6 is 23.8 Å². The van der Waals surface area contributed by atoms with Gasteiger partial charge in [0.25, 0.3) is 5.89 Å². The molecule has 1 aromatic heterocycles. The van der Waals surface area contributed by atoms with Crippen LogP contribution in [0.4, 0.5) is 0 Å². The maximum absolute atomic E-state index is 6.14. The van der Waals surface area contributed by atoms with Crippen LogP contribution in [0.15, 0.2) is 58.8 Å². The first kappa shape index (κ1) is 23.5. The average molecular weight is 481 g/mol. The van der Waals surface area contributed by atoms with Gasteiger partial charge >= 0.3 is 0 Å². The SMILES string of the molecule is CCCCCN1C(=S)NC(c2ccc(Cl)cc2)C(c2nc(-c3ccc(CC)cc3)no2)=C1C. The van der Waals surface area contributed by atoms with Gasteiger partial charge in [0.1, 0.15) is 0 Å². The third-order valence-electron chi connectivity index (χ3n) is 6.06. The largest absolute Gasteiger partial charge is 0.351 e. The van der Waals surface area contributed by atoms with Gasteiger partial charge in [-0.1, -0.05) is 79.8 Å². The van der Waals surface area contributed by atoms with Crippen LogP contribution in [0.25, 0.3) is 17.0 Å². The van der Waals surface area contributed by atoms with Crippen molar-refractivity contribution in [3.05, 3.63) is 76.3 Å². The molecule has 0 radical (unpaired) electrons. The first-order valence-electron chi connectivity index (χ1n) is 11.5. The molecule has 172 valence electrons. The van der Waals surface area contributed by atoms with E-state index in [-0.39, 0.29) is 6.04 Å². The molecular formula is C26H29ClN4OS.